The number of sulfonamides is 1. The average Bonchev–Trinajstić information content (AvgIpc) is 2.62. The van der Waals surface area contributed by atoms with Crippen LogP contribution in [0.4, 0.5) is 5.82 Å². The van der Waals surface area contributed by atoms with E-state index in [-0.39, 0.29) is 15.6 Å². The van der Waals surface area contributed by atoms with Crippen molar-refractivity contribution in [1.82, 2.24) is 8.96 Å². The predicted molar refractivity (Wildman–Crippen MR) is 104 cm³/mol. The smallest absolute Gasteiger partial charge is 0.263 e. The van der Waals surface area contributed by atoms with Crippen LogP contribution < -0.4 is 10.4 Å². The number of nitrogens with one attached hydrogen (secondary N) is 1. The SMILES string of the molecule is Cc1ccc(S(=O)(=O)Nc2ccn(S(=O)(=O)c3ccc(C)cc3)c(=O)n2)cc1. The largest absolute Gasteiger partial charge is 0.363 e. The van der Waals surface area contributed by atoms with Crippen LogP contribution in [0.2, 0.25) is 0 Å². The summed E-state index contributed by atoms with van der Waals surface area (Å²) in [4.78, 5) is 15.7. The van der Waals surface area contributed by atoms with Crippen molar-refractivity contribution in [3.05, 3.63) is 82.4 Å². The summed E-state index contributed by atoms with van der Waals surface area (Å²) in [5.41, 5.74) is 0.635. The minimum absolute atomic E-state index is 0.00337. The van der Waals surface area contributed by atoms with Crippen LogP contribution in [0.3, 0.4) is 0 Å². The highest BCUT2D eigenvalue weighted by Crippen LogP contribution is 2.16. The molecule has 0 spiro atoms. The topological polar surface area (TPSA) is 115 Å². The molecule has 0 radical (unpaired) electrons. The minimum Gasteiger partial charge on any atom is -0.263 e. The lowest BCUT2D eigenvalue weighted by atomic mass is 10.2. The number of benzene rings is 2. The van der Waals surface area contributed by atoms with Gasteiger partial charge in [-0.25, -0.2) is 21.6 Å². The van der Waals surface area contributed by atoms with E-state index in [2.05, 4.69) is 9.71 Å². The number of anilines is 1. The fraction of sp³-hybridized carbons (Fsp3) is 0.111. The summed E-state index contributed by atoms with van der Waals surface area (Å²) in [7, 11) is -8.10. The Morgan fingerprint density at radius 2 is 1.29 bits per heavy atom. The Kier molecular flexibility index (Phi) is 5.09. The normalized spacial score (nSPS) is 11.9. The van der Waals surface area contributed by atoms with Gasteiger partial charge in [0, 0.05) is 6.20 Å². The maximum absolute atomic E-state index is 12.6. The van der Waals surface area contributed by atoms with E-state index in [0.717, 1.165) is 23.4 Å². The van der Waals surface area contributed by atoms with Gasteiger partial charge in [0.05, 0.1) is 9.79 Å². The summed E-state index contributed by atoms with van der Waals surface area (Å²) in [6.45, 7) is 3.62. The van der Waals surface area contributed by atoms with E-state index in [1.807, 2.05) is 6.92 Å². The molecule has 1 heterocycles. The fourth-order valence-corrected chi connectivity index (χ4v) is 4.55. The Morgan fingerprint density at radius 3 is 1.79 bits per heavy atom. The van der Waals surface area contributed by atoms with Crippen molar-refractivity contribution < 1.29 is 16.8 Å². The molecule has 28 heavy (non-hydrogen) atoms. The van der Waals surface area contributed by atoms with Crippen molar-refractivity contribution in [2.75, 3.05) is 4.72 Å². The lowest BCUT2D eigenvalue weighted by Crippen LogP contribution is -2.30. The lowest BCUT2D eigenvalue weighted by Gasteiger charge is -2.10. The summed E-state index contributed by atoms with van der Waals surface area (Å²) in [5.74, 6) is -0.277. The van der Waals surface area contributed by atoms with E-state index in [9.17, 15) is 21.6 Å². The van der Waals surface area contributed by atoms with Crippen LogP contribution in [0.1, 0.15) is 11.1 Å². The number of hydrogen-bond donors (Lipinski definition) is 1. The third-order valence-electron chi connectivity index (χ3n) is 3.92. The zero-order valence-electron chi connectivity index (χ0n) is 15.0. The molecule has 0 aliphatic carbocycles. The third-order valence-corrected chi connectivity index (χ3v) is 6.95. The van der Waals surface area contributed by atoms with Crippen LogP contribution in [0.15, 0.2) is 75.4 Å². The maximum atomic E-state index is 12.6. The zero-order valence-corrected chi connectivity index (χ0v) is 16.7. The van der Waals surface area contributed by atoms with Gasteiger partial charge < -0.3 is 0 Å². The van der Waals surface area contributed by atoms with Crippen molar-refractivity contribution in [3.8, 4) is 0 Å². The van der Waals surface area contributed by atoms with Crippen molar-refractivity contribution in [2.45, 2.75) is 23.6 Å². The van der Waals surface area contributed by atoms with E-state index in [4.69, 9.17) is 0 Å². The first kappa shape index (κ1) is 19.8. The molecule has 146 valence electrons. The Morgan fingerprint density at radius 1 is 0.786 bits per heavy atom. The number of aromatic nitrogens is 2. The van der Waals surface area contributed by atoms with Gasteiger partial charge in [0.1, 0.15) is 5.82 Å². The molecular weight excluding hydrogens is 402 g/mol. The lowest BCUT2D eigenvalue weighted by molar-refractivity contribution is 0.584. The van der Waals surface area contributed by atoms with Gasteiger partial charge >= 0.3 is 5.69 Å². The highest BCUT2D eigenvalue weighted by Gasteiger charge is 2.20. The summed E-state index contributed by atoms with van der Waals surface area (Å²) >= 11 is 0. The van der Waals surface area contributed by atoms with Gasteiger partial charge in [-0.15, -0.1) is 0 Å². The van der Waals surface area contributed by atoms with Gasteiger partial charge in [0.25, 0.3) is 20.0 Å². The Balaban J connectivity index is 1.93. The predicted octanol–water partition coefficient (Wildman–Crippen LogP) is 1.90. The standard InChI is InChI=1S/C18H17N3O5S2/c1-13-3-7-15(8-4-13)27(23,24)20-17-11-12-21(18(22)19-17)28(25,26)16-9-5-14(2)6-10-16/h3-12H,1-2H3,(H,19,20,22). The van der Waals surface area contributed by atoms with Crippen LogP contribution in [-0.2, 0) is 20.0 Å². The van der Waals surface area contributed by atoms with Gasteiger partial charge in [-0.2, -0.15) is 8.96 Å². The number of nitrogens with zero attached hydrogens (tertiary/aromatic N) is 2. The molecule has 0 fully saturated rings. The van der Waals surface area contributed by atoms with Crippen molar-refractivity contribution in [1.29, 1.82) is 0 Å². The Hall–Kier alpha value is -2.98. The van der Waals surface area contributed by atoms with E-state index in [0.29, 0.717) is 3.97 Å². The van der Waals surface area contributed by atoms with Crippen LogP contribution in [0.25, 0.3) is 0 Å². The highest BCUT2D eigenvalue weighted by atomic mass is 32.2. The molecule has 2 aromatic carbocycles. The number of aryl methyl sites for hydroxylation is 2. The van der Waals surface area contributed by atoms with Crippen molar-refractivity contribution >= 4 is 25.9 Å². The average molecular weight is 419 g/mol. The fourth-order valence-electron chi connectivity index (χ4n) is 2.37. The summed E-state index contributed by atoms with van der Waals surface area (Å²) in [6, 6.07) is 13.2. The molecule has 0 atom stereocenters. The van der Waals surface area contributed by atoms with Gasteiger partial charge in [0.2, 0.25) is 0 Å². The van der Waals surface area contributed by atoms with Crippen LogP contribution in [0.5, 0.6) is 0 Å². The minimum atomic E-state index is -4.14. The molecule has 3 aromatic rings. The van der Waals surface area contributed by atoms with Crippen LogP contribution in [-0.4, -0.2) is 25.8 Å². The van der Waals surface area contributed by atoms with E-state index >= 15 is 0 Å². The van der Waals surface area contributed by atoms with E-state index in [1.54, 1.807) is 31.2 Å². The Bertz CT molecular complexity index is 1280. The molecule has 0 aliphatic rings. The summed E-state index contributed by atoms with van der Waals surface area (Å²) in [5, 5.41) is 0. The molecule has 0 bridgehead atoms. The molecule has 0 saturated heterocycles. The molecule has 0 saturated carbocycles. The maximum Gasteiger partial charge on any atom is 0.363 e. The van der Waals surface area contributed by atoms with Gasteiger partial charge in [-0.3, -0.25) is 4.72 Å². The van der Waals surface area contributed by atoms with Gasteiger partial charge in [-0.05, 0) is 44.2 Å². The quantitative estimate of drug-likeness (QED) is 0.675. The molecule has 3 rings (SSSR count). The molecule has 0 aliphatic heterocycles. The van der Waals surface area contributed by atoms with E-state index in [1.165, 1.54) is 24.3 Å². The number of rotatable bonds is 5. The molecular formula is C18H17N3O5S2. The second kappa shape index (κ2) is 7.21. The van der Waals surface area contributed by atoms with Crippen molar-refractivity contribution in [2.24, 2.45) is 0 Å². The second-order valence-electron chi connectivity index (χ2n) is 6.13. The molecule has 0 amide bonds. The van der Waals surface area contributed by atoms with Crippen LogP contribution >= 0.6 is 0 Å². The molecule has 1 N–H and O–H groups in total. The first-order valence-corrected chi connectivity index (χ1v) is 11.0. The molecule has 10 heteroatoms. The van der Waals surface area contributed by atoms with Gasteiger partial charge in [0.15, 0.2) is 0 Å². The first-order valence-electron chi connectivity index (χ1n) is 8.11. The van der Waals surface area contributed by atoms with Crippen LogP contribution in [0, 0.1) is 13.8 Å². The summed E-state index contributed by atoms with van der Waals surface area (Å²) in [6.07, 6.45) is 0.970. The number of hydrogen-bond acceptors (Lipinski definition) is 6. The molecule has 8 nitrogen and oxygen atoms in total. The van der Waals surface area contributed by atoms with E-state index < -0.39 is 25.7 Å². The van der Waals surface area contributed by atoms with Crippen molar-refractivity contribution in [3.63, 3.8) is 0 Å². The van der Waals surface area contributed by atoms with Gasteiger partial charge in [-0.1, -0.05) is 35.4 Å². The third kappa shape index (κ3) is 3.97. The second-order valence-corrected chi connectivity index (χ2v) is 9.63. The zero-order chi connectivity index (χ0) is 20.5. The molecule has 1 aromatic heterocycles. The highest BCUT2D eigenvalue weighted by molar-refractivity contribution is 7.92. The Labute approximate surface area is 162 Å². The molecule has 0 unspecified atom stereocenters. The monoisotopic (exact) mass is 419 g/mol. The first-order chi connectivity index (χ1) is 13.1. The summed E-state index contributed by atoms with van der Waals surface area (Å²) < 4.78 is 52.6.